The molecular formula is C13H10FN3O. The number of rotatable bonds is 2. The number of benzene rings is 2. The number of nitrogen functional groups attached to an aromatic ring is 1. The molecule has 3 aromatic rings. The molecule has 0 unspecified atom stereocenters. The third-order valence-corrected chi connectivity index (χ3v) is 2.51. The molecule has 0 fully saturated rings. The van der Waals surface area contributed by atoms with Gasteiger partial charge in [-0.05, 0) is 42.5 Å². The van der Waals surface area contributed by atoms with E-state index >= 15 is 0 Å². The van der Waals surface area contributed by atoms with E-state index in [1.54, 1.807) is 30.3 Å². The second kappa shape index (κ2) is 4.03. The lowest BCUT2D eigenvalue weighted by Crippen LogP contribution is -1.89. The summed E-state index contributed by atoms with van der Waals surface area (Å²) in [6.07, 6.45) is 0. The molecule has 0 bridgehead atoms. The minimum absolute atomic E-state index is 0.286. The highest BCUT2D eigenvalue weighted by Crippen LogP contribution is 2.23. The van der Waals surface area contributed by atoms with Gasteiger partial charge in [0.25, 0.3) is 6.01 Å². The third kappa shape index (κ3) is 1.98. The van der Waals surface area contributed by atoms with Crippen molar-refractivity contribution in [1.82, 2.24) is 4.98 Å². The standard InChI is InChI=1S/C13H10FN3O/c14-8-1-4-10(5-2-8)16-13-17-11-7-9(15)3-6-12(11)18-13/h1-7H,15H2,(H,16,17). The summed E-state index contributed by atoms with van der Waals surface area (Å²) in [6.45, 7) is 0. The Hall–Kier alpha value is -2.56. The molecule has 3 rings (SSSR count). The summed E-state index contributed by atoms with van der Waals surface area (Å²) in [7, 11) is 0. The summed E-state index contributed by atoms with van der Waals surface area (Å²) in [5.41, 5.74) is 8.32. The van der Waals surface area contributed by atoms with Crippen LogP contribution in [0.15, 0.2) is 46.9 Å². The SMILES string of the molecule is Nc1ccc2oc(Nc3ccc(F)cc3)nc2c1. The maximum atomic E-state index is 12.8. The van der Waals surface area contributed by atoms with Crippen LogP contribution in [-0.4, -0.2) is 4.98 Å². The van der Waals surface area contributed by atoms with E-state index in [0.717, 1.165) is 0 Å². The van der Waals surface area contributed by atoms with Crippen LogP contribution in [0.1, 0.15) is 0 Å². The molecule has 18 heavy (non-hydrogen) atoms. The number of nitrogens with zero attached hydrogens (tertiary/aromatic N) is 1. The minimum atomic E-state index is -0.286. The first-order valence-corrected chi connectivity index (χ1v) is 5.39. The second-order valence-corrected chi connectivity index (χ2v) is 3.88. The highest BCUT2D eigenvalue weighted by atomic mass is 19.1. The summed E-state index contributed by atoms with van der Waals surface area (Å²) < 4.78 is 18.2. The monoisotopic (exact) mass is 243 g/mol. The zero-order valence-electron chi connectivity index (χ0n) is 9.35. The van der Waals surface area contributed by atoms with Crippen molar-refractivity contribution in [2.75, 3.05) is 11.1 Å². The van der Waals surface area contributed by atoms with Gasteiger partial charge in [0, 0.05) is 11.4 Å². The summed E-state index contributed by atoms with van der Waals surface area (Å²) in [5.74, 6) is -0.286. The number of hydrogen-bond donors (Lipinski definition) is 2. The minimum Gasteiger partial charge on any atom is -0.423 e. The maximum Gasteiger partial charge on any atom is 0.300 e. The first-order chi connectivity index (χ1) is 8.70. The van der Waals surface area contributed by atoms with Gasteiger partial charge >= 0.3 is 0 Å². The van der Waals surface area contributed by atoms with Crippen molar-refractivity contribution in [1.29, 1.82) is 0 Å². The van der Waals surface area contributed by atoms with Gasteiger partial charge < -0.3 is 15.5 Å². The number of nitrogens with two attached hydrogens (primary N) is 1. The Balaban J connectivity index is 1.92. The molecule has 0 spiro atoms. The van der Waals surface area contributed by atoms with Crippen molar-refractivity contribution >= 4 is 28.5 Å². The normalized spacial score (nSPS) is 10.7. The van der Waals surface area contributed by atoms with Gasteiger partial charge in [0.2, 0.25) is 0 Å². The zero-order chi connectivity index (χ0) is 12.5. The Morgan fingerprint density at radius 2 is 1.89 bits per heavy atom. The Morgan fingerprint density at radius 1 is 1.11 bits per heavy atom. The average Bonchev–Trinajstić information content (AvgIpc) is 2.73. The van der Waals surface area contributed by atoms with E-state index < -0.39 is 0 Å². The van der Waals surface area contributed by atoms with Gasteiger partial charge in [-0.2, -0.15) is 4.98 Å². The molecule has 4 nitrogen and oxygen atoms in total. The Labute approximate surface area is 102 Å². The van der Waals surface area contributed by atoms with Crippen molar-refractivity contribution in [2.24, 2.45) is 0 Å². The molecule has 90 valence electrons. The van der Waals surface area contributed by atoms with E-state index in [2.05, 4.69) is 10.3 Å². The molecule has 0 amide bonds. The van der Waals surface area contributed by atoms with Crippen LogP contribution in [0.5, 0.6) is 0 Å². The highest BCUT2D eigenvalue weighted by molar-refractivity contribution is 5.78. The Kier molecular flexibility index (Phi) is 2.37. The molecule has 0 saturated carbocycles. The number of oxazole rings is 1. The fraction of sp³-hybridized carbons (Fsp3) is 0. The van der Waals surface area contributed by atoms with Gasteiger partial charge in [0.15, 0.2) is 5.58 Å². The van der Waals surface area contributed by atoms with E-state index in [1.807, 2.05) is 0 Å². The van der Waals surface area contributed by atoms with Crippen molar-refractivity contribution in [3.8, 4) is 0 Å². The highest BCUT2D eigenvalue weighted by Gasteiger charge is 2.06. The average molecular weight is 243 g/mol. The van der Waals surface area contributed by atoms with E-state index in [4.69, 9.17) is 10.2 Å². The molecule has 5 heteroatoms. The predicted molar refractivity (Wildman–Crippen MR) is 68.1 cm³/mol. The predicted octanol–water partition coefficient (Wildman–Crippen LogP) is 3.29. The van der Waals surface area contributed by atoms with Crippen LogP contribution in [0.4, 0.5) is 21.8 Å². The van der Waals surface area contributed by atoms with Gasteiger partial charge in [-0.1, -0.05) is 0 Å². The summed E-state index contributed by atoms with van der Waals surface area (Å²) in [4.78, 5) is 4.24. The maximum absolute atomic E-state index is 12.8. The molecule has 0 aliphatic heterocycles. The van der Waals surface area contributed by atoms with Crippen molar-refractivity contribution in [3.05, 3.63) is 48.3 Å². The third-order valence-electron chi connectivity index (χ3n) is 2.51. The lowest BCUT2D eigenvalue weighted by molar-refractivity contribution is 0.621. The van der Waals surface area contributed by atoms with Crippen molar-refractivity contribution in [3.63, 3.8) is 0 Å². The van der Waals surface area contributed by atoms with Gasteiger partial charge in [-0.3, -0.25) is 0 Å². The summed E-state index contributed by atoms with van der Waals surface area (Å²) >= 11 is 0. The molecule has 1 heterocycles. The van der Waals surface area contributed by atoms with Crippen LogP contribution in [0.3, 0.4) is 0 Å². The molecule has 1 aromatic heterocycles. The van der Waals surface area contributed by atoms with E-state index in [1.165, 1.54) is 12.1 Å². The molecule has 2 aromatic carbocycles. The molecule has 0 saturated heterocycles. The van der Waals surface area contributed by atoms with Gasteiger partial charge in [-0.15, -0.1) is 0 Å². The van der Waals surface area contributed by atoms with Crippen molar-refractivity contribution in [2.45, 2.75) is 0 Å². The lowest BCUT2D eigenvalue weighted by atomic mass is 10.3. The van der Waals surface area contributed by atoms with Crippen molar-refractivity contribution < 1.29 is 8.81 Å². The van der Waals surface area contributed by atoms with Gasteiger partial charge in [0.05, 0.1) is 0 Å². The topological polar surface area (TPSA) is 64.1 Å². The smallest absolute Gasteiger partial charge is 0.300 e. The van der Waals surface area contributed by atoms with E-state index in [-0.39, 0.29) is 5.82 Å². The van der Waals surface area contributed by atoms with Gasteiger partial charge in [-0.25, -0.2) is 4.39 Å². The van der Waals surface area contributed by atoms with Gasteiger partial charge in [0.1, 0.15) is 11.3 Å². The Bertz CT molecular complexity index is 691. The van der Waals surface area contributed by atoms with E-state index in [0.29, 0.717) is 28.5 Å². The molecule has 0 radical (unpaired) electrons. The number of hydrogen-bond acceptors (Lipinski definition) is 4. The van der Waals surface area contributed by atoms with Crippen LogP contribution in [0.2, 0.25) is 0 Å². The number of fused-ring (bicyclic) bond motifs is 1. The van der Waals surface area contributed by atoms with Crippen LogP contribution in [0, 0.1) is 5.82 Å². The molecular weight excluding hydrogens is 233 g/mol. The molecule has 0 aliphatic carbocycles. The zero-order valence-corrected chi connectivity index (χ0v) is 9.35. The van der Waals surface area contributed by atoms with Crippen LogP contribution >= 0.6 is 0 Å². The largest absolute Gasteiger partial charge is 0.423 e. The second-order valence-electron chi connectivity index (χ2n) is 3.88. The first kappa shape index (κ1) is 10.6. The van der Waals surface area contributed by atoms with Crippen LogP contribution < -0.4 is 11.1 Å². The number of aromatic nitrogens is 1. The summed E-state index contributed by atoms with van der Waals surface area (Å²) in [6, 6.07) is 11.5. The number of nitrogens with one attached hydrogen (secondary N) is 1. The molecule has 3 N–H and O–H groups in total. The summed E-state index contributed by atoms with van der Waals surface area (Å²) in [5, 5.41) is 2.95. The quantitative estimate of drug-likeness (QED) is 0.678. The fourth-order valence-electron chi connectivity index (χ4n) is 1.65. The van der Waals surface area contributed by atoms with E-state index in [9.17, 15) is 4.39 Å². The molecule has 0 atom stereocenters. The van der Waals surface area contributed by atoms with Crippen LogP contribution in [0.25, 0.3) is 11.1 Å². The first-order valence-electron chi connectivity index (χ1n) is 5.39. The Morgan fingerprint density at radius 3 is 2.67 bits per heavy atom. The lowest BCUT2D eigenvalue weighted by Gasteiger charge is -1.99. The fourth-order valence-corrected chi connectivity index (χ4v) is 1.65. The number of halogens is 1. The number of anilines is 3. The molecule has 0 aliphatic rings. The van der Waals surface area contributed by atoms with Crippen LogP contribution in [-0.2, 0) is 0 Å².